The van der Waals surface area contributed by atoms with Crippen LogP contribution in [-0.4, -0.2) is 15.0 Å². The van der Waals surface area contributed by atoms with Gasteiger partial charge in [0.05, 0.1) is 5.69 Å². The fraction of sp³-hybridized carbons (Fsp3) is 0.308. The van der Waals surface area contributed by atoms with Crippen molar-refractivity contribution in [1.29, 1.82) is 0 Å². The van der Waals surface area contributed by atoms with E-state index in [4.69, 9.17) is 5.73 Å². The minimum Gasteiger partial charge on any atom is -0.323 e. The number of hydrogen-bond acceptors (Lipinski definition) is 4. The van der Waals surface area contributed by atoms with Crippen LogP contribution >= 0.6 is 0 Å². The molecule has 104 valence electrons. The highest BCUT2D eigenvalue weighted by atomic mass is 19.4. The van der Waals surface area contributed by atoms with Crippen LogP contribution in [0.3, 0.4) is 0 Å². The molecule has 1 unspecified atom stereocenters. The number of nitrogens with zero attached hydrogens (tertiary/aromatic N) is 3. The van der Waals surface area contributed by atoms with Crippen LogP contribution < -0.4 is 5.73 Å². The Hall–Kier alpha value is -2.02. The molecule has 0 amide bonds. The number of hydrogen-bond donors (Lipinski definition) is 1. The first kappa shape index (κ1) is 13.0. The third-order valence-corrected chi connectivity index (χ3v) is 3.28. The summed E-state index contributed by atoms with van der Waals surface area (Å²) in [6.07, 6.45) is -0.144. The minimum absolute atomic E-state index is 0.171. The van der Waals surface area contributed by atoms with Crippen LogP contribution in [0, 0.1) is 0 Å². The van der Waals surface area contributed by atoms with E-state index in [0.717, 1.165) is 36.4 Å². The Labute approximate surface area is 112 Å². The van der Waals surface area contributed by atoms with Gasteiger partial charge in [-0.1, -0.05) is 0 Å². The first-order valence-electron chi connectivity index (χ1n) is 6.10. The third-order valence-electron chi connectivity index (χ3n) is 3.28. The topological polar surface area (TPSA) is 64.7 Å². The molecule has 4 nitrogen and oxygen atoms in total. The molecule has 0 radical (unpaired) electrons. The van der Waals surface area contributed by atoms with Gasteiger partial charge in [0, 0.05) is 24.0 Å². The van der Waals surface area contributed by atoms with Crippen molar-refractivity contribution >= 4 is 0 Å². The normalized spacial score (nSPS) is 18.1. The molecule has 1 atom stereocenters. The van der Waals surface area contributed by atoms with E-state index in [9.17, 15) is 13.2 Å². The summed E-state index contributed by atoms with van der Waals surface area (Å²) in [6.45, 7) is 0. The lowest BCUT2D eigenvalue weighted by Crippen LogP contribution is -2.09. The molecule has 0 spiro atoms. The van der Waals surface area contributed by atoms with Crippen molar-refractivity contribution in [3.05, 3.63) is 41.5 Å². The van der Waals surface area contributed by atoms with Crippen LogP contribution in [0.15, 0.2) is 24.5 Å². The van der Waals surface area contributed by atoms with Gasteiger partial charge in [-0.25, -0.2) is 9.97 Å². The first-order valence-corrected chi connectivity index (χ1v) is 6.10. The molecule has 2 heterocycles. The summed E-state index contributed by atoms with van der Waals surface area (Å²) in [7, 11) is 0. The van der Waals surface area contributed by atoms with E-state index in [1.54, 1.807) is 6.20 Å². The minimum atomic E-state index is -4.48. The Morgan fingerprint density at radius 1 is 1.25 bits per heavy atom. The van der Waals surface area contributed by atoms with E-state index in [2.05, 4.69) is 15.0 Å². The van der Waals surface area contributed by atoms with Gasteiger partial charge in [-0.3, -0.25) is 4.98 Å². The molecule has 7 heteroatoms. The molecule has 0 fully saturated rings. The van der Waals surface area contributed by atoms with Crippen molar-refractivity contribution in [2.24, 2.45) is 5.73 Å². The maximum absolute atomic E-state index is 12.6. The lowest BCUT2D eigenvalue weighted by molar-refractivity contribution is -0.141. The lowest BCUT2D eigenvalue weighted by atomic mass is 10.2. The monoisotopic (exact) mass is 280 g/mol. The molecular weight excluding hydrogens is 269 g/mol. The van der Waals surface area contributed by atoms with Crippen LogP contribution in [0.4, 0.5) is 13.2 Å². The average Bonchev–Trinajstić information content (AvgIpc) is 2.79. The van der Waals surface area contributed by atoms with Gasteiger partial charge in [-0.15, -0.1) is 0 Å². The summed E-state index contributed by atoms with van der Waals surface area (Å²) in [5.74, 6) is 0.244. The van der Waals surface area contributed by atoms with Crippen LogP contribution in [-0.2, 0) is 12.6 Å². The van der Waals surface area contributed by atoms with Crippen LogP contribution in [0.5, 0.6) is 0 Å². The SMILES string of the molecule is NC1CCc2cnc(-c3ccnc(C(F)(F)F)c3)nc21. The number of nitrogens with two attached hydrogens (primary N) is 1. The second kappa shape index (κ2) is 4.52. The molecule has 0 saturated heterocycles. The highest BCUT2D eigenvalue weighted by Crippen LogP contribution is 2.31. The summed E-state index contributed by atoms with van der Waals surface area (Å²) in [5.41, 5.74) is 6.93. The lowest BCUT2D eigenvalue weighted by Gasteiger charge is -2.09. The first-order chi connectivity index (χ1) is 9.45. The predicted octanol–water partition coefficient (Wildman–Crippen LogP) is 2.50. The zero-order valence-corrected chi connectivity index (χ0v) is 10.4. The maximum atomic E-state index is 12.6. The number of halogens is 3. The standard InChI is InChI=1S/C13H11F3N4/c14-13(15,16)10-5-7(3-4-18-10)12-19-6-8-1-2-9(17)11(8)20-12/h3-6,9H,1-2,17H2. The van der Waals surface area contributed by atoms with Gasteiger partial charge < -0.3 is 5.73 Å². The average molecular weight is 280 g/mol. The number of fused-ring (bicyclic) bond motifs is 1. The molecule has 3 rings (SSSR count). The third kappa shape index (κ3) is 2.24. The highest BCUT2D eigenvalue weighted by Gasteiger charge is 2.32. The van der Waals surface area contributed by atoms with E-state index < -0.39 is 11.9 Å². The van der Waals surface area contributed by atoms with Gasteiger partial charge in [-0.2, -0.15) is 13.2 Å². The zero-order valence-electron chi connectivity index (χ0n) is 10.4. The van der Waals surface area contributed by atoms with Gasteiger partial charge in [0.2, 0.25) is 0 Å². The molecule has 1 aliphatic rings. The molecule has 0 saturated carbocycles. The second-order valence-electron chi connectivity index (χ2n) is 4.68. The quantitative estimate of drug-likeness (QED) is 0.871. The van der Waals surface area contributed by atoms with Crippen molar-refractivity contribution in [2.75, 3.05) is 0 Å². The zero-order chi connectivity index (χ0) is 14.3. The Bertz CT molecular complexity index is 654. The molecular formula is C13H11F3N4. The number of rotatable bonds is 1. The molecule has 2 aromatic rings. The van der Waals surface area contributed by atoms with Crippen molar-refractivity contribution < 1.29 is 13.2 Å². The second-order valence-corrected chi connectivity index (χ2v) is 4.68. The van der Waals surface area contributed by atoms with Gasteiger partial charge in [-0.05, 0) is 30.5 Å². The summed E-state index contributed by atoms with van der Waals surface area (Å²) in [4.78, 5) is 11.7. The van der Waals surface area contributed by atoms with Gasteiger partial charge >= 0.3 is 6.18 Å². The Kier molecular flexibility index (Phi) is 2.93. The number of aryl methyl sites for hydroxylation is 1. The molecule has 1 aliphatic carbocycles. The van der Waals surface area contributed by atoms with Gasteiger partial charge in [0.1, 0.15) is 5.69 Å². The van der Waals surface area contributed by atoms with Crippen molar-refractivity contribution in [3.8, 4) is 11.4 Å². The molecule has 2 N–H and O–H groups in total. The Morgan fingerprint density at radius 2 is 2.05 bits per heavy atom. The summed E-state index contributed by atoms with van der Waals surface area (Å²) in [6, 6.07) is 2.23. The molecule has 2 aromatic heterocycles. The summed E-state index contributed by atoms with van der Waals surface area (Å²) < 4.78 is 37.9. The van der Waals surface area contributed by atoms with E-state index in [0.29, 0.717) is 0 Å². The number of alkyl halides is 3. The van der Waals surface area contributed by atoms with E-state index in [1.165, 1.54) is 6.07 Å². The van der Waals surface area contributed by atoms with E-state index in [-0.39, 0.29) is 17.4 Å². The van der Waals surface area contributed by atoms with Crippen molar-refractivity contribution in [3.63, 3.8) is 0 Å². The van der Waals surface area contributed by atoms with E-state index in [1.807, 2.05) is 0 Å². The smallest absolute Gasteiger partial charge is 0.323 e. The fourth-order valence-corrected chi connectivity index (χ4v) is 2.25. The van der Waals surface area contributed by atoms with Crippen molar-refractivity contribution in [1.82, 2.24) is 15.0 Å². The molecule has 20 heavy (non-hydrogen) atoms. The maximum Gasteiger partial charge on any atom is 0.433 e. The summed E-state index contributed by atoms with van der Waals surface area (Å²) >= 11 is 0. The predicted molar refractivity (Wildman–Crippen MR) is 65.5 cm³/mol. The molecule has 0 aliphatic heterocycles. The van der Waals surface area contributed by atoms with E-state index >= 15 is 0 Å². The molecule has 0 aromatic carbocycles. The Balaban J connectivity index is 2.04. The summed E-state index contributed by atoms with van der Waals surface area (Å²) in [5, 5.41) is 0. The largest absolute Gasteiger partial charge is 0.433 e. The number of pyridine rings is 1. The number of aromatic nitrogens is 3. The van der Waals surface area contributed by atoms with Crippen LogP contribution in [0.2, 0.25) is 0 Å². The van der Waals surface area contributed by atoms with Crippen molar-refractivity contribution in [2.45, 2.75) is 25.1 Å². The molecule has 0 bridgehead atoms. The van der Waals surface area contributed by atoms with Gasteiger partial charge in [0.15, 0.2) is 5.82 Å². The Morgan fingerprint density at radius 3 is 2.80 bits per heavy atom. The van der Waals surface area contributed by atoms with Crippen LogP contribution in [0.25, 0.3) is 11.4 Å². The highest BCUT2D eigenvalue weighted by molar-refractivity contribution is 5.55. The van der Waals surface area contributed by atoms with Crippen LogP contribution in [0.1, 0.15) is 29.4 Å². The fourth-order valence-electron chi connectivity index (χ4n) is 2.25. The van der Waals surface area contributed by atoms with Gasteiger partial charge in [0.25, 0.3) is 0 Å².